The Bertz CT molecular complexity index is 493. The lowest BCUT2D eigenvalue weighted by atomic mass is 10.1. The van der Waals surface area contributed by atoms with E-state index in [1.165, 1.54) is 37.3 Å². The van der Waals surface area contributed by atoms with Crippen molar-refractivity contribution in [2.45, 2.75) is 6.92 Å². The molecule has 1 atom stereocenters. The van der Waals surface area contributed by atoms with Crippen LogP contribution in [0.2, 0.25) is 0 Å². The van der Waals surface area contributed by atoms with Gasteiger partial charge in [-0.3, -0.25) is 9.59 Å². The number of nitrogens with zero attached hydrogens (tertiary/aromatic N) is 1. The molecular formula is C13H15BrFNO3. The Hall–Kier alpha value is -1.43. The number of hydrogen-bond donors (Lipinski definition) is 0. The molecule has 0 spiro atoms. The van der Waals surface area contributed by atoms with E-state index >= 15 is 0 Å². The Kier molecular flexibility index (Phi) is 5.47. The monoisotopic (exact) mass is 331 g/mol. The van der Waals surface area contributed by atoms with Crippen LogP contribution >= 0.6 is 15.9 Å². The van der Waals surface area contributed by atoms with Gasteiger partial charge >= 0.3 is 5.97 Å². The first-order valence-electron chi connectivity index (χ1n) is 5.65. The van der Waals surface area contributed by atoms with Crippen molar-refractivity contribution >= 4 is 27.8 Å². The lowest BCUT2D eigenvalue weighted by Gasteiger charge is -2.20. The van der Waals surface area contributed by atoms with E-state index in [4.69, 9.17) is 0 Å². The van der Waals surface area contributed by atoms with Gasteiger partial charge in [-0.1, -0.05) is 22.9 Å². The number of amides is 1. The second-order valence-corrected chi connectivity index (χ2v) is 5.15. The number of hydrogen-bond acceptors (Lipinski definition) is 3. The summed E-state index contributed by atoms with van der Waals surface area (Å²) < 4.78 is 18.8. The summed E-state index contributed by atoms with van der Waals surface area (Å²) in [5.41, 5.74) is -0.0334. The molecule has 1 rings (SSSR count). The van der Waals surface area contributed by atoms with Crippen LogP contribution in [0.1, 0.15) is 17.3 Å². The molecule has 0 saturated carbocycles. The minimum absolute atomic E-state index is 0.0334. The molecule has 0 N–H and O–H groups in total. The molecule has 0 heterocycles. The quantitative estimate of drug-likeness (QED) is 0.796. The van der Waals surface area contributed by atoms with E-state index < -0.39 is 23.6 Å². The highest BCUT2D eigenvalue weighted by Crippen LogP contribution is 2.17. The van der Waals surface area contributed by atoms with Gasteiger partial charge in [-0.25, -0.2) is 4.39 Å². The fourth-order valence-corrected chi connectivity index (χ4v) is 2.00. The smallest absolute Gasteiger partial charge is 0.310 e. The second kappa shape index (κ2) is 6.65. The van der Waals surface area contributed by atoms with Crippen LogP contribution in [0.15, 0.2) is 22.7 Å². The maximum Gasteiger partial charge on any atom is 0.310 e. The molecule has 0 saturated heterocycles. The Morgan fingerprint density at radius 2 is 2.11 bits per heavy atom. The fourth-order valence-electron chi connectivity index (χ4n) is 1.64. The van der Waals surface area contributed by atoms with Crippen LogP contribution in [0.5, 0.6) is 0 Å². The minimum atomic E-state index is -0.592. The van der Waals surface area contributed by atoms with Gasteiger partial charge in [0.25, 0.3) is 5.91 Å². The number of methoxy groups -OCH3 is 1. The van der Waals surface area contributed by atoms with Gasteiger partial charge in [0.1, 0.15) is 5.82 Å². The van der Waals surface area contributed by atoms with Crippen LogP contribution in [0.25, 0.3) is 0 Å². The second-order valence-electron chi connectivity index (χ2n) is 4.23. The highest BCUT2D eigenvalue weighted by atomic mass is 79.9. The Morgan fingerprint density at radius 3 is 2.68 bits per heavy atom. The molecular weight excluding hydrogens is 317 g/mol. The summed E-state index contributed by atoms with van der Waals surface area (Å²) in [6.07, 6.45) is 0. The first-order chi connectivity index (χ1) is 8.86. The predicted molar refractivity (Wildman–Crippen MR) is 72.2 cm³/mol. The number of carbonyl (C=O) groups excluding carboxylic acids is 2. The molecule has 0 aliphatic rings. The summed E-state index contributed by atoms with van der Waals surface area (Å²) in [5, 5.41) is 0. The molecule has 0 radical (unpaired) electrons. The number of esters is 1. The number of ether oxygens (including phenoxy) is 1. The number of benzene rings is 1. The van der Waals surface area contributed by atoms with Gasteiger partial charge in [0.05, 0.1) is 18.6 Å². The van der Waals surface area contributed by atoms with Gasteiger partial charge in [-0.2, -0.15) is 0 Å². The third kappa shape index (κ3) is 4.02. The molecule has 0 aliphatic heterocycles. The van der Waals surface area contributed by atoms with Gasteiger partial charge in [0.2, 0.25) is 0 Å². The van der Waals surface area contributed by atoms with E-state index in [0.29, 0.717) is 4.47 Å². The first-order valence-corrected chi connectivity index (χ1v) is 6.44. The average Bonchev–Trinajstić information content (AvgIpc) is 2.39. The van der Waals surface area contributed by atoms with E-state index in [1.807, 2.05) is 0 Å². The van der Waals surface area contributed by atoms with E-state index in [1.54, 1.807) is 6.92 Å². The standard InChI is InChI=1S/C13H15BrFNO3/c1-8(13(18)19-3)7-16(2)12(17)10-6-9(14)4-5-11(10)15/h4-6,8H,7H2,1-3H3. The van der Waals surface area contributed by atoms with Crippen LogP contribution in [0.4, 0.5) is 4.39 Å². The van der Waals surface area contributed by atoms with Crippen molar-refractivity contribution in [1.29, 1.82) is 0 Å². The van der Waals surface area contributed by atoms with Gasteiger partial charge in [0.15, 0.2) is 0 Å². The maximum atomic E-state index is 13.6. The van der Waals surface area contributed by atoms with Crippen molar-refractivity contribution in [2.75, 3.05) is 20.7 Å². The highest BCUT2D eigenvalue weighted by molar-refractivity contribution is 9.10. The summed E-state index contributed by atoms with van der Waals surface area (Å²) in [6, 6.07) is 4.15. The zero-order chi connectivity index (χ0) is 14.6. The molecule has 0 fully saturated rings. The Balaban J connectivity index is 2.82. The van der Waals surface area contributed by atoms with E-state index in [-0.39, 0.29) is 12.1 Å². The predicted octanol–water partition coefficient (Wildman–Crippen LogP) is 2.47. The van der Waals surface area contributed by atoms with Crippen molar-refractivity contribution in [1.82, 2.24) is 4.90 Å². The SMILES string of the molecule is COC(=O)C(C)CN(C)C(=O)c1cc(Br)ccc1F. The fraction of sp³-hybridized carbons (Fsp3) is 0.385. The van der Waals surface area contributed by atoms with Crippen LogP contribution in [0, 0.1) is 11.7 Å². The average molecular weight is 332 g/mol. The number of carbonyl (C=O) groups is 2. The van der Waals surface area contributed by atoms with Crippen LogP contribution < -0.4 is 0 Å². The van der Waals surface area contributed by atoms with E-state index in [2.05, 4.69) is 20.7 Å². The highest BCUT2D eigenvalue weighted by Gasteiger charge is 2.21. The zero-order valence-electron chi connectivity index (χ0n) is 10.9. The van der Waals surface area contributed by atoms with E-state index in [0.717, 1.165) is 0 Å². The van der Waals surface area contributed by atoms with Gasteiger partial charge in [-0.05, 0) is 18.2 Å². The number of rotatable bonds is 4. The molecule has 0 aromatic heterocycles. The molecule has 0 aliphatic carbocycles. The topological polar surface area (TPSA) is 46.6 Å². The molecule has 1 aromatic rings. The molecule has 1 unspecified atom stereocenters. The number of halogens is 2. The van der Waals surface area contributed by atoms with Crippen molar-refractivity contribution in [3.8, 4) is 0 Å². The van der Waals surface area contributed by atoms with Crippen LogP contribution in [0.3, 0.4) is 0 Å². The zero-order valence-corrected chi connectivity index (χ0v) is 12.5. The molecule has 104 valence electrons. The molecule has 1 amide bonds. The molecule has 0 bridgehead atoms. The minimum Gasteiger partial charge on any atom is -0.469 e. The summed E-state index contributed by atoms with van der Waals surface area (Å²) >= 11 is 3.19. The van der Waals surface area contributed by atoms with Gasteiger partial charge in [-0.15, -0.1) is 0 Å². The van der Waals surface area contributed by atoms with Gasteiger partial charge < -0.3 is 9.64 Å². The summed E-state index contributed by atoms with van der Waals surface area (Å²) in [4.78, 5) is 24.7. The lowest BCUT2D eigenvalue weighted by molar-refractivity contribution is -0.145. The van der Waals surface area contributed by atoms with Crippen molar-refractivity contribution in [3.05, 3.63) is 34.1 Å². The maximum absolute atomic E-state index is 13.6. The molecule has 19 heavy (non-hydrogen) atoms. The molecule has 1 aromatic carbocycles. The van der Waals surface area contributed by atoms with E-state index in [9.17, 15) is 14.0 Å². The molecule has 4 nitrogen and oxygen atoms in total. The van der Waals surface area contributed by atoms with Gasteiger partial charge in [0, 0.05) is 18.1 Å². The third-order valence-electron chi connectivity index (χ3n) is 2.66. The largest absolute Gasteiger partial charge is 0.469 e. The third-order valence-corrected chi connectivity index (χ3v) is 3.15. The Morgan fingerprint density at radius 1 is 1.47 bits per heavy atom. The summed E-state index contributed by atoms with van der Waals surface area (Å²) in [5.74, 6) is -1.94. The van der Waals surface area contributed by atoms with Crippen LogP contribution in [-0.4, -0.2) is 37.5 Å². The summed E-state index contributed by atoms with van der Waals surface area (Å²) in [7, 11) is 2.80. The van der Waals surface area contributed by atoms with Crippen molar-refractivity contribution < 1.29 is 18.7 Å². The molecule has 6 heteroatoms. The van der Waals surface area contributed by atoms with Crippen molar-refractivity contribution in [3.63, 3.8) is 0 Å². The normalized spacial score (nSPS) is 11.8. The van der Waals surface area contributed by atoms with Crippen molar-refractivity contribution in [2.24, 2.45) is 5.92 Å². The summed E-state index contributed by atoms with van der Waals surface area (Å²) in [6.45, 7) is 1.81. The lowest BCUT2D eigenvalue weighted by Crippen LogP contribution is -2.34. The first kappa shape index (κ1) is 15.6. The Labute approximate surface area is 119 Å². The van der Waals surface area contributed by atoms with Crippen LogP contribution in [-0.2, 0) is 9.53 Å².